The lowest BCUT2D eigenvalue weighted by molar-refractivity contribution is -0.113. The van der Waals surface area contributed by atoms with Gasteiger partial charge in [-0.1, -0.05) is 23.4 Å². The number of nitrogens with one attached hydrogen (secondary N) is 1. The molecule has 0 unspecified atom stereocenters. The monoisotopic (exact) mass is 404 g/mol. The van der Waals surface area contributed by atoms with Crippen molar-refractivity contribution in [3.05, 3.63) is 47.4 Å². The lowest BCUT2D eigenvalue weighted by Crippen LogP contribution is -2.15. The Morgan fingerprint density at radius 3 is 2.81 bits per heavy atom. The summed E-state index contributed by atoms with van der Waals surface area (Å²) in [5.74, 6) is -0.879. The summed E-state index contributed by atoms with van der Waals surface area (Å²) in [6.45, 7) is 0. The first-order chi connectivity index (χ1) is 13.0. The van der Waals surface area contributed by atoms with Crippen molar-refractivity contribution >= 4 is 40.9 Å². The third-order valence-corrected chi connectivity index (χ3v) is 4.79. The van der Waals surface area contributed by atoms with Gasteiger partial charge in [-0.05, 0) is 18.2 Å². The Hall–Kier alpha value is -2.98. The summed E-state index contributed by atoms with van der Waals surface area (Å²) in [6, 6.07) is 4.26. The van der Waals surface area contributed by atoms with Gasteiger partial charge in [0.05, 0.1) is 22.5 Å². The van der Waals surface area contributed by atoms with Crippen LogP contribution in [0.3, 0.4) is 0 Å². The molecule has 0 aliphatic rings. The molecule has 27 heavy (non-hydrogen) atoms. The molecule has 0 fully saturated rings. The van der Waals surface area contributed by atoms with Crippen molar-refractivity contribution in [2.24, 2.45) is 7.05 Å². The lowest BCUT2D eigenvalue weighted by Gasteiger charge is -2.07. The van der Waals surface area contributed by atoms with Crippen molar-refractivity contribution in [2.45, 2.75) is 5.16 Å². The van der Waals surface area contributed by atoms with Crippen molar-refractivity contribution in [1.29, 1.82) is 0 Å². The zero-order valence-corrected chi connectivity index (χ0v) is 15.5. The maximum Gasteiger partial charge on any atom is 0.337 e. The van der Waals surface area contributed by atoms with Crippen molar-refractivity contribution in [2.75, 3.05) is 11.1 Å². The van der Waals surface area contributed by atoms with Crippen LogP contribution in [0.2, 0.25) is 5.02 Å². The minimum absolute atomic E-state index is 0.0669. The van der Waals surface area contributed by atoms with Crippen LogP contribution in [0, 0.1) is 0 Å². The van der Waals surface area contributed by atoms with E-state index in [0.29, 0.717) is 22.4 Å². The minimum atomic E-state index is -1.17. The van der Waals surface area contributed by atoms with Gasteiger partial charge in [0.1, 0.15) is 5.69 Å². The highest BCUT2D eigenvalue weighted by Crippen LogP contribution is 2.23. The minimum Gasteiger partial charge on any atom is -0.478 e. The summed E-state index contributed by atoms with van der Waals surface area (Å²) in [7, 11) is 1.77. The molecule has 0 saturated heterocycles. The van der Waals surface area contributed by atoms with Gasteiger partial charge in [-0.2, -0.15) is 0 Å². The highest BCUT2D eigenvalue weighted by atomic mass is 35.5. The van der Waals surface area contributed by atoms with E-state index < -0.39 is 5.97 Å². The average molecular weight is 405 g/mol. The first kappa shape index (κ1) is 18.8. The van der Waals surface area contributed by atoms with Crippen LogP contribution < -0.4 is 5.32 Å². The number of carbonyl (C=O) groups excluding carboxylic acids is 1. The molecule has 3 aromatic rings. The van der Waals surface area contributed by atoms with Gasteiger partial charge in [-0.25, -0.2) is 9.78 Å². The van der Waals surface area contributed by atoms with E-state index in [0.717, 1.165) is 0 Å². The first-order valence-electron chi connectivity index (χ1n) is 7.57. The van der Waals surface area contributed by atoms with Crippen molar-refractivity contribution in [3.8, 4) is 11.5 Å². The SMILES string of the molecule is Cn1c(SCC(=O)Nc2ccc(Cl)c(C(=O)O)c2)nnc1-c1cnccn1. The molecule has 0 aliphatic carbocycles. The summed E-state index contributed by atoms with van der Waals surface area (Å²) in [5.41, 5.74) is 0.843. The molecule has 2 aromatic heterocycles. The molecule has 0 aliphatic heterocycles. The van der Waals surface area contributed by atoms with Crippen LogP contribution >= 0.6 is 23.4 Å². The molecule has 0 atom stereocenters. The van der Waals surface area contributed by atoms with Gasteiger partial charge in [0.2, 0.25) is 5.91 Å². The molecule has 3 rings (SSSR count). The number of carboxylic acid groups (broad SMARTS) is 1. The topological polar surface area (TPSA) is 123 Å². The Morgan fingerprint density at radius 2 is 2.11 bits per heavy atom. The predicted molar refractivity (Wildman–Crippen MR) is 99.8 cm³/mol. The van der Waals surface area contributed by atoms with E-state index in [-0.39, 0.29) is 22.2 Å². The smallest absolute Gasteiger partial charge is 0.337 e. The standard InChI is InChI=1S/C16H13ClN6O3S/c1-23-14(12-7-18-4-5-19-12)21-22-16(23)27-8-13(24)20-9-2-3-11(17)10(6-9)15(25)26/h2-7H,8H2,1H3,(H,20,24)(H,25,26). The van der Waals surface area contributed by atoms with Gasteiger partial charge in [0.15, 0.2) is 11.0 Å². The average Bonchev–Trinajstić information content (AvgIpc) is 3.02. The molecular formula is C16H13ClN6O3S. The Bertz CT molecular complexity index is 995. The fourth-order valence-electron chi connectivity index (χ4n) is 2.17. The number of benzene rings is 1. The fourth-order valence-corrected chi connectivity index (χ4v) is 3.08. The molecule has 1 aromatic carbocycles. The quantitative estimate of drug-likeness (QED) is 0.600. The van der Waals surface area contributed by atoms with Crippen molar-refractivity contribution in [3.63, 3.8) is 0 Å². The highest BCUT2D eigenvalue weighted by Gasteiger charge is 2.15. The third kappa shape index (κ3) is 4.41. The molecular weight excluding hydrogens is 392 g/mol. The summed E-state index contributed by atoms with van der Waals surface area (Å²) in [6.07, 6.45) is 4.69. The van der Waals surface area contributed by atoms with Crippen LogP contribution in [-0.4, -0.2) is 47.5 Å². The van der Waals surface area contributed by atoms with Crippen LogP contribution in [0.25, 0.3) is 11.5 Å². The summed E-state index contributed by atoms with van der Waals surface area (Å²) >= 11 is 7.00. The van der Waals surface area contributed by atoms with Crippen LogP contribution in [0.15, 0.2) is 41.9 Å². The first-order valence-corrected chi connectivity index (χ1v) is 8.93. The number of hydrogen-bond acceptors (Lipinski definition) is 7. The molecule has 138 valence electrons. The Labute approximate surface area is 162 Å². The van der Waals surface area contributed by atoms with Crippen LogP contribution in [0.1, 0.15) is 10.4 Å². The number of rotatable bonds is 6. The van der Waals surface area contributed by atoms with E-state index >= 15 is 0 Å². The maximum atomic E-state index is 12.1. The lowest BCUT2D eigenvalue weighted by atomic mass is 10.2. The molecule has 11 heteroatoms. The number of carboxylic acids is 1. The fraction of sp³-hybridized carbons (Fsp3) is 0.125. The Kier molecular flexibility index (Phi) is 5.67. The molecule has 0 radical (unpaired) electrons. The summed E-state index contributed by atoms with van der Waals surface area (Å²) in [5, 5.41) is 20.5. The molecule has 9 nitrogen and oxygen atoms in total. The van der Waals surface area contributed by atoms with Crippen LogP contribution in [0.5, 0.6) is 0 Å². The Morgan fingerprint density at radius 1 is 1.30 bits per heavy atom. The second kappa shape index (κ2) is 8.14. The van der Waals surface area contributed by atoms with Gasteiger partial charge in [-0.3, -0.25) is 9.78 Å². The predicted octanol–water partition coefficient (Wildman–Crippen LogP) is 2.35. The third-order valence-electron chi connectivity index (χ3n) is 3.44. The largest absolute Gasteiger partial charge is 0.478 e. The van der Waals surface area contributed by atoms with Gasteiger partial charge >= 0.3 is 5.97 Å². The summed E-state index contributed by atoms with van der Waals surface area (Å²) < 4.78 is 1.72. The molecule has 1 amide bonds. The van der Waals surface area contributed by atoms with Crippen LogP contribution in [-0.2, 0) is 11.8 Å². The number of hydrogen-bond donors (Lipinski definition) is 2. The number of anilines is 1. The number of halogens is 1. The number of aromatic carboxylic acids is 1. The van der Waals surface area contributed by atoms with E-state index in [9.17, 15) is 9.59 Å². The maximum absolute atomic E-state index is 12.1. The number of carbonyl (C=O) groups is 2. The number of aromatic nitrogens is 5. The zero-order valence-electron chi connectivity index (χ0n) is 14.0. The zero-order chi connectivity index (χ0) is 19.4. The van der Waals surface area contributed by atoms with E-state index in [1.165, 1.54) is 30.0 Å². The van der Waals surface area contributed by atoms with Crippen LogP contribution in [0.4, 0.5) is 5.69 Å². The molecule has 2 N–H and O–H groups in total. The normalized spacial score (nSPS) is 10.6. The number of nitrogens with zero attached hydrogens (tertiary/aromatic N) is 5. The van der Waals surface area contributed by atoms with Crippen molar-refractivity contribution < 1.29 is 14.7 Å². The van der Waals surface area contributed by atoms with Gasteiger partial charge in [0.25, 0.3) is 0 Å². The van der Waals surface area contributed by atoms with Gasteiger partial charge in [0, 0.05) is 25.1 Å². The second-order valence-electron chi connectivity index (χ2n) is 5.29. The van der Waals surface area contributed by atoms with Crippen molar-refractivity contribution in [1.82, 2.24) is 24.7 Å². The molecule has 0 saturated carbocycles. The van der Waals surface area contributed by atoms with E-state index in [2.05, 4.69) is 25.5 Å². The number of amides is 1. The van der Waals surface area contributed by atoms with E-state index in [1.54, 1.807) is 30.2 Å². The van der Waals surface area contributed by atoms with E-state index in [4.69, 9.17) is 16.7 Å². The molecule has 2 heterocycles. The molecule has 0 spiro atoms. The Balaban J connectivity index is 1.64. The number of thioether (sulfide) groups is 1. The summed E-state index contributed by atoms with van der Waals surface area (Å²) in [4.78, 5) is 31.4. The molecule has 0 bridgehead atoms. The second-order valence-corrected chi connectivity index (χ2v) is 6.64. The van der Waals surface area contributed by atoms with Gasteiger partial charge in [-0.15, -0.1) is 10.2 Å². The highest BCUT2D eigenvalue weighted by molar-refractivity contribution is 7.99. The van der Waals surface area contributed by atoms with Gasteiger partial charge < -0.3 is 15.0 Å². The van der Waals surface area contributed by atoms with E-state index in [1.807, 2.05) is 0 Å².